The third-order valence-electron chi connectivity index (χ3n) is 14.2. The van der Waals surface area contributed by atoms with Crippen LogP contribution in [0.5, 0.6) is 0 Å². The minimum absolute atomic E-state index is 0.147. The van der Waals surface area contributed by atoms with Crippen LogP contribution in [0.4, 0.5) is 42.9 Å². The largest absolute Gasteiger partial charge is 0.378 e. The molecule has 2 aromatic carbocycles. The normalized spacial score (nSPS) is 17.1. The predicted octanol–water partition coefficient (Wildman–Crippen LogP) is 11.6. The Balaban J connectivity index is 0.000000154. The maximum atomic E-state index is 14.3. The summed E-state index contributed by atoms with van der Waals surface area (Å²) >= 11 is 3.75. The minimum atomic E-state index is -0.306. The molecule has 0 saturated carbocycles. The van der Waals surface area contributed by atoms with E-state index < -0.39 is 0 Å². The SMILES string of the molecule is Cc1c(-c2ccccn2)nc2cc(F)ccc2c1N1CC(C)(C)c2nc(Br)c(N3CCOCC3)cc21.Cc1c(-c2ccccn2)nc2cc(F)ccc2c1N1CC(C)(C)c2ncc(N3CCOCC3)cc21. The summed E-state index contributed by atoms with van der Waals surface area (Å²) in [6, 6.07) is 25.8. The van der Waals surface area contributed by atoms with Crippen LogP contribution < -0.4 is 19.6 Å². The van der Waals surface area contributed by atoms with Crippen LogP contribution in [0.25, 0.3) is 44.6 Å². The van der Waals surface area contributed by atoms with E-state index in [1.54, 1.807) is 12.4 Å². The third kappa shape index (κ3) is 8.61. The molecule has 12 rings (SSSR count). The van der Waals surface area contributed by atoms with Crippen LogP contribution >= 0.6 is 15.9 Å². The summed E-state index contributed by atoms with van der Waals surface area (Å²) in [5, 5.41) is 1.83. The molecule has 0 unspecified atom stereocenters. The van der Waals surface area contributed by atoms with Crippen molar-refractivity contribution in [3.63, 3.8) is 0 Å². The van der Waals surface area contributed by atoms with Crippen molar-refractivity contribution < 1.29 is 18.3 Å². The van der Waals surface area contributed by atoms with E-state index in [9.17, 15) is 8.78 Å². The maximum Gasteiger partial charge on any atom is 0.129 e. The summed E-state index contributed by atoms with van der Waals surface area (Å²) in [4.78, 5) is 38.2. The molecule has 4 aliphatic rings. The lowest BCUT2D eigenvalue weighted by Gasteiger charge is -2.31. The summed E-state index contributed by atoms with van der Waals surface area (Å²) < 4.78 is 40.6. The molecule has 2 saturated heterocycles. The van der Waals surface area contributed by atoms with Gasteiger partial charge in [-0.2, -0.15) is 0 Å². The standard InChI is InChI=1S/C28H27BrFN5O.C28H28FN5O/c1-17-24(20-6-4-5-9-31-20)32-21-14-18(30)7-8-19(21)25(17)35-16-28(2,3)26-22(35)15-23(27(29)33-26)34-10-12-36-13-11-34;1-18-25(22-6-4-5-9-30-22)32-23-14-19(29)7-8-21(23)26(18)34-17-28(2,3)27-24(34)15-20(16-31-27)33-10-12-35-13-11-33/h4-9,14-15H,10-13,16H2,1-3H3;4-9,14-16H,10-13,17H2,1-3H3. The second-order valence-corrected chi connectivity index (χ2v) is 20.7. The topological polar surface area (TPSA) is 109 Å². The highest BCUT2D eigenvalue weighted by Crippen LogP contribution is 2.51. The van der Waals surface area contributed by atoms with Crippen LogP contribution in [0, 0.1) is 25.5 Å². The van der Waals surface area contributed by atoms with Gasteiger partial charge in [0.05, 0.1) is 112 Å². The van der Waals surface area contributed by atoms with Gasteiger partial charge in [0.25, 0.3) is 0 Å². The molecule has 2 fully saturated rings. The number of morpholine rings is 2. The zero-order chi connectivity index (χ0) is 49.2. The Bertz CT molecular complexity index is 3330. The average molecular weight is 1020 g/mol. The molecular weight excluding hydrogens is 963 g/mol. The molecule has 6 aromatic heterocycles. The van der Waals surface area contributed by atoms with Crippen molar-refractivity contribution in [2.75, 3.05) is 85.3 Å². The molecule has 4 aliphatic heterocycles. The van der Waals surface area contributed by atoms with Gasteiger partial charge in [0, 0.05) is 96.5 Å². The molecule has 0 aliphatic carbocycles. The van der Waals surface area contributed by atoms with E-state index in [0.717, 1.165) is 147 Å². The first-order valence-electron chi connectivity index (χ1n) is 24.2. The number of hydrogen-bond donors (Lipinski definition) is 0. The number of ether oxygens (including phenoxy) is 2. The average Bonchev–Trinajstić information content (AvgIpc) is 3.80. The molecular formula is C56H55BrF2N10O2. The van der Waals surface area contributed by atoms with Gasteiger partial charge in [-0.15, -0.1) is 0 Å². The number of pyridine rings is 6. The van der Waals surface area contributed by atoms with E-state index in [-0.39, 0.29) is 22.5 Å². The van der Waals surface area contributed by atoms with Gasteiger partial charge in [0.1, 0.15) is 16.2 Å². The molecule has 0 amide bonds. The van der Waals surface area contributed by atoms with Crippen molar-refractivity contribution in [2.24, 2.45) is 0 Å². The van der Waals surface area contributed by atoms with Crippen molar-refractivity contribution >= 4 is 71.9 Å². The quantitative estimate of drug-likeness (QED) is 0.148. The number of rotatable bonds is 6. The Hall–Kier alpha value is -6.68. The van der Waals surface area contributed by atoms with E-state index in [4.69, 9.17) is 29.4 Å². The van der Waals surface area contributed by atoms with E-state index >= 15 is 0 Å². The van der Waals surface area contributed by atoms with Crippen LogP contribution in [-0.4, -0.2) is 95.6 Å². The number of nitrogens with zero attached hydrogens (tertiary/aromatic N) is 10. The summed E-state index contributed by atoms with van der Waals surface area (Å²) in [6.45, 7) is 20.8. The van der Waals surface area contributed by atoms with Gasteiger partial charge in [-0.25, -0.2) is 23.7 Å². The van der Waals surface area contributed by atoms with E-state index in [2.05, 4.69) is 99.2 Å². The van der Waals surface area contributed by atoms with Crippen LogP contribution in [0.3, 0.4) is 0 Å². The fraction of sp³-hybridized carbons (Fsp3) is 0.321. The van der Waals surface area contributed by atoms with Crippen molar-refractivity contribution in [2.45, 2.75) is 52.4 Å². The molecule has 0 bridgehead atoms. The first-order valence-corrected chi connectivity index (χ1v) is 25.0. The van der Waals surface area contributed by atoms with Crippen LogP contribution in [-0.2, 0) is 20.3 Å². The Labute approximate surface area is 420 Å². The van der Waals surface area contributed by atoms with Crippen molar-refractivity contribution in [1.29, 1.82) is 0 Å². The Morgan fingerprint density at radius 1 is 0.549 bits per heavy atom. The first-order chi connectivity index (χ1) is 34.3. The minimum Gasteiger partial charge on any atom is -0.378 e. The van der Waals surface area contributed by atoms with Gasteiger partial charge in [-0.05, 0) is 90.4 Å². The molecule has 10 heterocycles. The molecule has 0 N–H and O–H groups in total. The highest BCUT2D eigenvalue weighted by atomic mass is 79.9. The predicted molar refractivity (Wildman–Crippen MR) is 282 cm³/mol. The van der Waals surface area contributed by atoms with E-state index in [1.807, 2.05) is 54.7 Å². The number of hydrogen-bond acceptors (Lipinski definition) is 12. The number of anilines is 6. The van der Waals surface area contributed by atoms with Gasteiger partial charge in [-0.1, -0.05) is 39.8 Å². The third-order valence-corrected chi connectivity index (χ3v) is 14.7. The summed E-state index contributed by atoms with van der Waals surface area (Å²) in [6.07, 6.45) is 5.51. The number of benzene rings is 2. The zero-order valence-electron chi connectivity index (χ0n) is 40.8. The highest BCUT2D eigenvalue weighted by Gasteiger charge is 2.41. The zero-order valence-corrected chi connectivity index (χ0v) is 42.4. The summed E-state index contributed by atoms with van der Waals surface area (Å²) in [5.41, 5.74) is 14.5. The molecule has 15 heteroatoms. The second-order valence-electron chi connectivity index (χ2n) is 20.0. The van der Waals surface area contributed by atoms with Gasteiger partial charge >= 0.3 is 0 Å². The lowest BCUT2D eigenvalue weighted by atomic mass is 9.91. The lowest BCUT2D eigenvalue weighted by Crippen LogP contribution is -2.36. The van der Waals surface area contributed by atoms with Crippen LogP contribution in [0.2, 0.25) is 0 Å². The molecule has 0 spiro atoms. The second kappa shape index (κ2) is 18.5. The fourth-order valence-electron chi connectivity index (χ4n) is 10.7. The Kier molecular flexibility index (Phi) is 12.2. The lowest BCUT2D eigenvalue weighted by molar-refractivity contribution is 0.122. The summed E-state index contributed by atoms with van der Waals surface area (Å²) in [5.74, 6) is -0.607. The number of aromatic nitrogens is 6. The molecule has 8 aromatic rings. The van der Waals surface area contributed by atoms with E-state index in [1.165, 1.54) is 24.3 Å². The Morgan fingerprint density at radius 3 is 1.55 bits per heavy atom. The van der Waals surface area contributed by atoms with Gasteiger partial charge in [0.15, 0.2) is 0 Å². The monoisotopic (exact) mass is 1020 g/mol. The molecule has 0 atom stereocenters. The Morgan fingerprint density at radius 2 is 1.04 bits per heavy atom. The number of halogens is 3. The van der Waals surface area contributed by atoms with Crippen LogP contribution in [0.15, 0.2) is 108 Å². The van der Waals surface area contributed by atoms with E-state index in [0.29, 0.717) is 24.2 Å². The van der Waals surface area contributed by atoms with Crippen molar-refractivity contribution in [3.8, 4) is 22.8 Å². The molecule has 362 valence electrons. The summed E-state index contributed by atoms with van der Waals surface area (Å²) in [7, 11) is 0. The first kappa shape index (κ1) is 46.7. The number of fused-ring (bicyclic) bond motifs is 4. The fourth-order valence-corrected chi connectivity index (χ4v) is 11.2. The highest BCUT2D eigenvalue weighted by molar-refractivity contribution is 9.10. The van der Waals surface area contributed by atoms with Crippen molar-refractivity contribution in [3.05, 3.63) is 142 Å². The van der Waals surface area contributed by atoms with Gasteiger partial charge in [-0.3, -0.25) is 15.0 Å². The molecule has 71 heavy (non-hydrogen) atoms. The van der Waals surface area contributed by atoms with Gasteiger partial charge in [0.2, 0.25) is 0 Å². The smallest absolute Gasteiger partial charge is 0.129 e. The van der Waals surface area contributed by atoms with Crippen LogP contribution in [0.1, 0.15) is 50.2 Å². The maximum absolute atomic E-state index is 14.3. The van der Waals surface area contributed by atoms with Crippen molar-refractivity contribution in [1.82, 2.24) is 29.9 Å². The molecule has 0 radical (unpaired) electrons. The van der Waals surface area contributed by atoms with Gasteiger partial charge < -0.3 is 29.1 Å². The molecule has 12 nitrogen and oxygen atoms in total.